The van der Waals surface area contributed by atoms with Crippen molar-refractivity contribution >= 4 is 78.9 Å². The Hall–Kier alpha value is -1.41. The van der Waals surface area contributed by atoms with Gasteiger partial charge >= 0.3 is 6.18 Å². The molecule has 0 radical (unpaired) electrons. The molecule has 3 rings (SSSR count). The van der Waals surface area contributed by atoms with Gasteiger partial charge in [-0.05, 0) is 42.0 Å². The maximum Gasteiger partial charge on any atom is 0.405 e. The van der Waals surface area contributed by atoms with E-state index in [1.165, 1.54) is 12.1 Å². The summed E-state index contributed by atoms with van der Waals surface area (Å²) < 4.78 is 88.3. The summed E-state index contributed by atoms with van der Waals surface area (Å²) in [4.78, 5) is 23.3. The van der Waals surface area contributed by atoms with Crippen LogP contribution in [-0.2, 0) is 4.79 Å². The lowest BCUT2D eigenvalue weighted by Gasteiger charge is -2.29. The van der Waals surface area contributed by atoms with E-state index in [2.05, 4.69) is 21.2 Å². The Kier molecular flexibility index (Phi) is 7.37. The first-order valence-electron chi connectivity index (χ1n) is 9.30. The normalized spacial score (nSPS) is 20.5. The lowest BCUT2D eigenvalue weighted by atomic mass is 10.1. The van der Waals surface area contributed by atoms with E-state index in [1.54, 1.807) is 5.32 Å². The average molecular weight is 653 g/mol. The van der Waals surface area contributed by atoms with Gasteiger partial charge in [0, 0.05) is 16.1 Å². The van der Waals surface area contributed by atoms with Crippen LogP contribution in [0.25, 0.3) is 0 Å². The maximum atomic E-state index is 13.3. The van der Waals surface area contributed by atoms with E-state index >= 15 is 0 Å². The van der Waals surface area contributed by atoms with Crippen molar-refractivity contribution in [3.63, 3.8) is 0 Å². The number of thiol groups is 1. The van der Waals surface area contributed by atoms with E-state index in [0.717, 1.165) is 12.1 Å². The fourth-order valence-electron chi connectivity index (χ4n) is 3.31. The second-order valence-electron chi connectivity index (χ2n) is 7.58. The average Bonchev–Trinajstić information content (AvgIpc) is 3.27. The monoisotopic (exact) mass is 650 g/mol. The molecule has 4 nitrogen and oxygen atoms in total. The smallest absolute Gasteiger partial charge is 0.343 e. The van der Waals surface area contributed by atoms with Gasteiger partial charge in [-0.3, -0.25) is 9.59 Å². The predicted molar refractivity (Wildman–Crippen MR) is 125 cm³/mol. The molecule has 0 bridgehead atoms. The number of carbonyl (C=O) groups is 2. The molecule has 2 aromatic rings. The zero-order valence-electron chi connectivity index (χ0n) is 16.7. The number of hydrogen-bond donors (Lipinski definition) is 3. The Labute approximate surface area is 218 Å². The fraction of sp³-hybridized carbons (Fsp3) is 0.263. The van der Waals surface area contributed by atoms with Crippen LogP contribution in [0.4, 0.5) is 34.4 Å². The lowest BCUT2D eigenvalue weighted by molar-refractivity contribution is -0.123. The van der Waals surface area contributed by atoms with Crippen molar-refractivity contribution in [3.8, 4) is 0 Å². The topological polar surface area (TPSA) is 58.2 Å². The molecule has 1 aliphatic rings. The largest absolute Gasteiger partial charge is 0.405 e. The maximum absolute atomic E-state index is 13.3. The molecular weight excluding hydrogens is 640 g/mol. The van der Waals surface area contributed by atoms with Crippen molar-refractivity contribution < 1.29 is 38.3 Å². The number of anilines is 1. The fourth-order valence-corrected chi connectivity index (χ4v) is 5.71. The highest BCUT2D eigenvalue weighted by atomic mass is 79.9. The molecule has 1 aliphatic carbocycles. The standard InChI is InChI=1S/C19H13BrCl3F7N2O2S/c20-9-3-8(4-11(5-9)35(27,28,29)30)14-15(19(14,22)23)17(34)32-10-1-2-13(21)12(6-10)16(33)31-7-18(24,25)26/h1-6,14-15,35H,7H2,(H,31,33)(H,32,34). The Morgan fingerprint density at radius 2 is 1.69 bits per heavy atom. The minimum atomic E-state index is -8.12. The number of halogens is 11. The molecule has 35 heavy (non-hydrogen) atoms. The summed E-state index contributed by atoms with van der Waals surface area (Å²) in [5.74, 6) is -4.42. The Bertz CT molecular complexity index is 1200. The number of amides is 2. The molecule has 0 aromatic heterocycles. The zero-order valence-corrected chi connectivity index (χ0v) is 21.5. The van der Waals surface area contributed by atoms with Crippen LogP contribution in [0.1, 0.15) is 21.8 Å². The molecule has 0 spiro atoms. The van der Waals surface area contributed by atoms with Gasteiger partial charge in [0.15, 0.2) is 10.7 Å². The summed E-state index contributed by atoms with van der Waals surface area (Å²) in [6.45, 7) is -1.61. The lowest BCUT2D eigenvalue weighted by Crippen LogP contribution is -2.33. The van der Waals surface area contributed by atoms with E-state index < -0.39 is 56.3 Å². The number of carbonyl (C=O) groups excluding carboxylic acids is 2. The number of rotatable bonds is 6. The second kappa shape index (κ2) is 9.16. The van der Waals surface area contributed by atoms with Gasteiger partial charge in [-0.25, -0.2) is 0 Å². The van der Waals surface area contributed by atoms with Gasteiger partial charge in [0.1, 0.15) is 10.9 Å². The van der Waals surface area contributed by atoms with Crippen LogP contribution >= 0.6 is 61.4 Å². The van der Waals surface area contributed by atoms with Crippen molar-refractivity contribution in [2.45, 2.75) is 21.3 Å². The first kappa shape index (κ1) is 28.2. The van der Waals surface area contributed by atoms with Gasteiger partial charge in [-0.2, -0.15) is 13.2 Å². The summed E-state index contributed by atoms with van der Waals surface area (Å²) in [5.41, 5.74) is -0.572. The summed E-state index contributed by atoms with van der Waals surface area (Å²) >= 11 is 21.0. The van der Waals surface area contributed by atoms with Crippen molar-refractivity contribution in [2.24, 2.45) is 5.92 Å². The van der Waals surface area contributed by atoms with E-state index in [-0.39, 0.29) is 26.3 Å². The van der Waals surface area contributed by atoms with Gasteiger partial charge in [-0.15, -0.1) is 38.7 Å². The van der Waals surface area contributed by atoms with Crippen LogP contribution in [0.3, 0.4) is 0 Å². The Morgan fingerprint density at radius 3 is 2.26 bits per heavy atom. The highest BCUT2D eigenvalue weighted by molar-refractivity contribution is 9.10. The third kappa shape index (κ3) is 6.68. The predicted octanol–water partition coefficient (Wildman–Crippen LogP) is 7.89. The highest BCUT2D eigenvalue weighted by Gasteiger charge is 2.68. The van der Waals surface area contributed by atoms with Crippen LogP contribution in [0.15, 0.2) is 45.8 Å². The van der Waals surface area contributed by atoms with Gasteiger partial charge in [0.2, 0.25) is 5.91 Å². The number of nitrogens with one attached hydrogen (secondary N) is 2. The SMILES string of the molecule is O=C(NCC(F)(F)F)c1cc(NC(=O)C2C(c3cc(Br)cc([SH](F)(F)(F)F)c3)C2(Cl)Cl)ccc1Cl. The van der Waals surface area contributed by atoms with Gasteiger partial charge < -0.3 is 10.6 Å². The van der Waals surface area contributed by atoms with Crippen molar-refractivity contribution in [1.82, 2.24) is 5.32 Å². The van der Waals surface area contributed by atoms with E-state index in [1.807, 2.05) is 0 Å². The third-order valence-corrected chi connectivity index (χ3v) is 7.68. The van der Waals surface area contributed by atoms with Crippen molar-refractivity contribution in [2.75, 3.05) is 11.9 Å². The molecule has 0 heterocycles. The molecule has 2 atom stereocenters. The molecule has 2 amide bonds. The first-order chi connectivity index (χ1) is 15.8. The van der Waals surface area contributed by atoms with E-state index in [0.29, 0.717) is 12.1 Å². The van der Waals surface area contributed by atoms with Crippen molar-refractivity contribution in [1.29, 1.82) is 0 Å². The second-order valence-corrected chi connectivity index (χ2v) is 12.3. The van der Waals surface area contributed by atoms with Crippen LogP contribution in [0, 0.1) is 5.92 Å². The van der Waals surface area contributed by atoms with Crippen LogP contribution in [0.5, 0.6) is 0 Å². The molecule has 0 aliphatic heterocycles. The Balaban J connectivity index is 1.81. The quantitative estimate of drug-likeness (QED) is 0.169. The van der Waals surface area contributed by atoms with E-state index in [4.69, 9.17) is 34.8 Å². The molecule has 2 N–H and O–H groups in total. The van der Waals surface area contributed by atoms with Crippen LogP contribution < -0.4 is 10.6 Å². The third-order valence-electron chi connectivity index (χ3n) is 4.92. The van der Waals surface area contributed by atoms with Crippen LogP contribution in [-0.4, -0.2) is 28.9 Å². The van der Waals surface area contributed by atoms with Gasteiger partial charge in [0.05, 0.1) is 21.4 Å². The highest BCUT2D eigenvalue weighted by Crippen LogP contribution is 2.82. The van der Waals surface area contributed by atoms with E-state index in [9.17, 15) is 38.3 Å². The Morgan fingerprint density at radius 1 is 1.06 bits per heavy atom. The summed E-state index contributed by atoms with van der Waals surface area (Å²) in [7, 11) is -8.12. The number of alkyl halides is 5. The number of benzene rings is 2. The van der Waals surface area contributed by atoms with Crippen LogP contribution in [0.2, 0.25) is 5.02 Å². The van der Waals surface area contributed by atoms with Crippen molar-refractivity contribution in [3.05, 3.63) is 57.0 Å². The minimum Gasteiger partial charge on any atom is -0.343 e. The summed E-state index contributed by atoms with van der Waals surface area (Å²) in [6.07, 6.45) is -4.67. The molecule has 0 saturated heterocycles. The molecule has 2 unspecified atom stereocenters. The van der Waals surface area contributed by atoms with Gasteiger partial charge in [0.25, 0.3) is 5.91 Å². The summed E-state index contributed by atoms with van der Waals surface area (Å²) in [6, 6.07) is 5.70. The van der Waals surface area contributed by atoms with Gasteiger partial charge in [-0.1, -0.05) is 27.5 Å². The molecule has 1 fully saturated rings. The zero-order chi connectivity index (χ0) is 26.6. The summed E-state index contributed by atoms with van der Waals surface area (Å²) in [5, 5.41) is 3.79. The molecule has 16 heteroatoms. The molecule has 1 saturated carbocycles. The molecule has 194 valence electrons. The minimum absolute atomic E-state index is 0.0637. The first-order valence-corrected chi connectivity index (χ1v) is 13.0. The molecular formula is C19H13BrCl3F7N2O2S. The molecule has 2 aromatic carbocycles. The number of hydrogen-bond acceptors (Lipinski definition) is 2.